The fourth-order valence-electron chi connectivity index (χ4n) is 2.77. The van der Waals surface area contributed by atoms with Crippen LogP contribution < -0.4 is 4.90 Å². The van der Waals surface area contributed by atoms with Crippen molar-refractivity contribution in [2.45, 2.75) is 31.2 Å². The minimum Gasteiger partial charge on any atom is -0.465 e. The lowest BCUT2D eigenvalue weighted by Crippen LogP contribution is -2.27. The van der Waals surface area contributed by atoms with Gasteiger partial charge in [0.05, 0.1) is 11.4 Å². The van der Waals surface area contributed by atoms with Gasteiger partial charge in [-0.1, -0.05) is 0 Å². The highest BCUT2D eigenvalue weighted by Gasteiger charge is 2.24. The van der Waals surface area contributed by atoms with Crippen LogP contribution in [0.15, 0.2) is 45.7 Å². The molecule has 7 heteroatoms. The van der Waals surface area contributed by atoms with Crippen LogP contribution in [0.5, 0.6) is 0 Å². The fraction of sp³-hybridized carbons (Fsp3) is 0.353. The zero-order chi connectivity index (χ0) is 17.3. The molecule has 0 atom stereocenters. The van der Waals surface area contributed by atoms with E-state index in [1.54, 1.807) is 41.3 Å². The first-order valence-electron chi connectivity index (χ1n) is 7.80. The molecule has 3 rings (SSSR count). The third kappa shape index (κ3) is 3.22. The minimum atomic E-state index is -3.61. The predicted molar refractivity (Wildman–Crippen MR) is 90.1 cm³/mol. The fourth-order valence-corrected chi connectivity index (χ4v) is 3.91. The van der Waals surface area contributed by atoms with Gasteiger partial charge < -0.3 is 9.32 Å². The van der Waals surface area contributed by atoms with Crippen molar-refractivity contribution in [2.75, 3.05) is 18.5 Å². The minimum absolute atomic E-state index is 0.0796. The molecule has 0 N–H and O–H groups in total. The summed E-state index contributed by atoms with van der Waals surface area (Å²) in [6.07, 6.45) is 1.38. The third-order valence-electron chi connectivity index (χ3n) is 4.10. The first kappa shape index (κ1) is 16.7. The highest BCUT2D eigenvalue weighted by Crippen LogP contribution is 2.24. The Morgan fingerprint density at radius 3 is 2.42 bits per heavy atom. The number of benzene rings is 1. The van der Waals surface area contributed by atoms with Crippen molar-refractivity contribution in [1.82, 2.24) is 4.31 Å². The summed E-state index contributed by atoms with van der Waals surface area (Å²) in [6.45, 7) is 2.67. The van der Waals surface area contributed by atoms with Crippen molar-refractivity contribution in [2.24, 2.45) is 0 Å². The van der Waals surface area contributed by atoms with Crippen LogP contribution in [-0.2, 0) is 21.4 Å². The molecule has 1 aromatic heterocycles. The Morgan fingerprint density at radius 1 is 1.17 bits per heavy atom. The molecule has 0 aliphatic carbocycles. The van der Waals surface area contributed by atoms with E-state index in [1.807, 2.05) is 6.92 Å². The Balaban J connectivity index is 1.77. The molecule has 2 heterocycles. The lowest BCUT2D eigenvalue weighted by molar-refractivity contribution is -0.117. The smallest absolute Gasteiger partial charge is 0.243 e. The average molecular weight is 348 g/mol. The molecule has 24 heavy (non-hydrogen) atoms. The summed E-state index contributed by atoms with van der Waals surface area (Å²) in [5, 5.41) is 0. The van der Waals surface area contributed by atoms with E-state index in [0.29, 0.717) is 18.7 Å². The first-order valence-corrected chi connectivity index (χ1v) is 9.24. The first-order chi connectivity index (χ1) is 11.4. The number of anilines is 1. The zero-order valence-electron chi connectivity index (χ0n) is 13.7. The molecule has 1 fully saturated rings. The second kappa shape index (κ2) is 6.41. The molecule has 128 valence electrons. The van der Waals surface area contributed by atoms with Crippen molar-refractivity contribution in [3.63, 3.8) is 0 Å². The number of amides is 1. The molecule has 1 aliphatic rings. The molecule has 0 radical (unpaired) electrons. The predicted octanol–water partition coefficient (Wildman–Crippen LogP) is 2.54. The lowest BCUT2D eigenvalue weighted by atomic mass is 10.3. The molecule has 1 aromatic carbocycles. The zero-order valence-corrected chi connectivity index (χ0v) is 14.5. The van der Waals surface area contributed by atoms with E-state index < -0.39 is 10.0 Å². The van der Waals surface area contributed by atoms with E-state index in [4.69, 9.17) is 4.42 Å². The Morgan fingerprint density at radius 2 is 1.88 bits per heavy atom. The van der Waals surface area contributed by atoms with Crippen molar-refractivity contribution < 1.29 is 17.6 Å². The van der Waals surface area contributed by atoms with Crippen LogP contribution in [0.2, 0.25) is 0 Å². The molecule has 0 unspecified atom stereocenters. The van der Waals surface area contributed by atoms with Crippen LogP contribution in [0.1, 0.15) is 24.4 Å². The van der Waals surface area contributed by atoms with Crippen molar-refractivity contribution >= 4 is 21.6 Å². The van der Waals surface area contributed by atoms with Crippen LogP contribution in [0, 0.1) is 6.92 Å². The summed E-state index contributed by atoms with van der Waals surface area (Å²) < 4.78 is 32.0. The van der Waals surface area contributed by atoms with E-state index in [-0.39, 0.29) is 17.3 Å². The third-order valence-corrected chi connectivity index (χ3v) is 5.92. The van der Waals surface area contributed by atoms with Gasteiger partial charge in [-0.2, -0.15) is 4.31 Å². The SMILES string of the molecule is Cc1ccc(CN(C)S(=O)(=O)c2ccc(N3CCCC3=O)cc2)o1. The number of carbonyl (C=O) groups is 1. The van der Waals surface area contributed by atoms with Gasteiger partial charge in [-0.05, 0) is 49.7 Å². The summed E-state index contributed by atoms with van der Waals surface area (Å²) in [5.41, 5.74) is 0.737. The van der Waals surface area contributed by atoms with Crippen LogP contribution in [-0.4, -0.2) is 32.2 Å². The van der Waals surface area contributed by atoms with Crippen molar-refractivity contribution in [1.29, 1.82) is 0 Å². The maximum atomic E-state index is 12.6. The van der Waals surface area contributed by atoms with Crippen molar-refractivity contribution in [3.05, 3.63) is 47.9 Å². The Hall–Kier alpha value is -2.12. The second-order valence-electron chi connectivity index (χ2n) is 5.92. The van der Waals surface area contributed by atoms with E-state index in [0.717, 1.165) is 17.9 Å². The quantitative estimate of drug-likeness (QED) is 0.832. The highest BCUT2D eigenvalue weighted by molar-refractivity contribution is 7.89. The molecule has 0 spiro atoms. The van der Waals surface area contributed by atoms with Gasteiger partial charge in [0.2, 0.25) is 15.9 Å². The average Bonchev–Trinajstić information content (AvgIpc) is 3.16. The number of nitrogens with zero attached hydrogens (tertiary/aromatic N) is 2. The van der Waals surface area contributed by atoms with Gasteiger partial charge in [0.15, 0.2) is 0 Å². The molecular formula is C17H20N2O4S. The van der Waals surface area contributed by atoms with E-state index in [1.165, 1.54) is 11.4 Å². The lowest BCUT2D eigenvalue weighted by Gasteiger charge is -2.18. The van der Waals surface area contributed by atoms with E-state index >= 15 is 0 Å². The number of hydrogen-bond acceptors (Lipinski definition) is 4. The van der Waals surface area contributed by atoms with Gasteiger partial charge >= 0.3 is 0 Å². The molecule has 0 bridgehead atoms. The number of sulfonamides is 1. The number of aryl methyl sites for hydroxylation is 1. The standard InChI is InChI=1S/C17H20N2O4S/c1-13-5-8-15(23-13)12-18(2)24(21,22)16-9-6-14(7-10-16)19-11-3-4-17(19)20/h5-10H,3-4,11-12H2,1-2H3. The molecule has 1 aliphatic heterocycles. The number of carbonyl (C=O) groups excluding carboxylic acids is 1. The van der Waals surface area contributed by atoms with Crippen LogP contribution in [0.3, 0.4) is 0 Å². The molecule has 2 aromatic rings. The highest BCUT2D eigenvalue weighted by atomic mass is 32.2. The molecule has 0 saturated carbocycles. The van der Waals surface area contributed by atoms with Gasteiger partial charge in [0, 0.05) is 25.7 Å². The van der Waals surface area contributed by atoms with Gasteiger partial charge in [0.1, 0.15) is 11.5 Å². The van der Waals surface area contributed by atoms with Crippen LogP contribution >= 0.6 is 0 Å². The Kier molecular flexibility index (Phi) is 4.47. The van der Waals surface area contributed by atoms with Gasteiger partial charge in [0.25, 0.3) is 0 Å². The maximum Gasteiger partial charge on any atom is 0.243 e. The van der Waals surface area contributed by atoms with Crippen LogP contribution in [0.25, 0.3) is 0 Å². The monoisotopic (exact) mass is 348 g/mol. The second-order valence-corrected chi connectivity index (χ2v) is 7.96. The molecule has 1 amide bonds. The largest absolute Gasteiger partial charge is 0.465 e. The number of furan rings is 1. The Labute approximate surface area is 141 Å². The number of rotatable bonds is 5. The van der Waals surface area contributed by atoms with Gasteiger partial charge in [-0.15, -0.1) is 0 Å². The van der Waals surface area contributed by atoms with Crippen LogP contribution in [0.4, 0.5) is 5.69 Å². The summed E-state index contributed by atoms with van der Waals surface area (Å²) in [4.78, 5) is 13.6. The summed E-state index contributed by atoms with van der Waals surface area (Å²) in [6, 6.07) is 10.0. The summed E-state index contributed by atoms with van der Waals surface area (Å²) in [7, 11) is -2.09. The van der Waals surface area contributed by atoms with E-state index in [9.17, 15) is 13.2 Å². The molecular weight excluding hydrogens is 328 g/mol. The summed E-state index contributed by atoms with van der Waals surface area (Å²) in [5.74, 6) is 1.42. The topological polar surface area (TPSA) is 70.8 Å². The van der Waals surface area contributed by atoms with Gasteiger partial charge in [-0.3, -0.25) is 4.79 Å². The van der Waals surface area contributed by atoms with Crippen molar-refractivity contribution in [3.8, 4) is 0 Å². The maximum absolute atomic E-state index is 12.6. The molecule has 1 saturated heterocycles. The number of hydrogen-bond donors (Lipinski definition) is 0. The summed E-state index contributed by atoms with van der Waals surface area (Å²) >= 11 is 0. The normalized spacial score (nSPS) is 15.5. The molecule has 6 nitrogen and oxygen atoms in total. The Bertz CT molecular complexity index is 840. The van der Waals surface area contributed by atoms with E-state index in [2.05, 4.69) is 0 Å². The van der Waals surface area contributed by atoms with Gasteiger partial charge in [-0.25, -0.2) is 8.42 Å².